The molecule has 0 atom stereocenters. The molecule has 0 amide bonds. The molecular formula is C39H34Al2N3O5. The van der Waals surface area contributed by atoms with Gasteiger partial charge in [0.1, 0.15) is 33.8 Å². The zero-order valence-electron chi connectivity index (χ0n) is 28.3. The predicted octanol–water partition coefficient (Wildman–Crippen LogP) is 8.70. The van der Waals surface area contributed by atoms with Crippen LogP contribution in [0, 0.1) is 41.5 Å². The lowest BCUT2D eigenvalue weighted by molar-refractivity contribution is 0.309. The van der Waals surface area contributed by atoms with Crippen molar-refractivity contribution in [2.45, 2.75) is 41.5 Å². The number of para-hydroxylation sites is 3. The summed E-state index contributed by atoms with van der Waals surface area (Å²) < 4.78 is 31.8. The lowest BCUT2D eigenvalue weighted by Gasteiger charge is -2.19. The number of pyridine rings is 3. The van der Waals surface area contributed by atoms with Gasteiger partial charge in [-0.25, -0.2) is 15.0 Å². The molecule has 3 heterocycles. The minimum absolute atomic E-state index is 0.588. The summed E-state index contributed by atoms with van der Waals surface area (Å²) >= 11 is -3.78. The van der Waals surface area contributed by atoms with Gasteiger partial charge in [0.15, 0.2) is 0 Å². The van der Waals surface area contributed by atoms with E-state index < -0.39 is 31.0 Å². The highest BCUT2D eigenvalue weighted by molar-refractivity contribution is 6.40. The van der Waals surface area contributed by atoms with Crippen molar-refractivity contribution in [3.05, 3.63) is 131 Å². The second kappa shape index (κ2) is 14.0. The van der Waals surface area contributed by atoms with Crippen LogP contribution in [0.3, 0.4) is 0 Å². The molecular weight excluding hydrogens is 644 g/mol. The Morgan fingerprint density at radius 2 is 0.857 bits per heavy atom. The van der Waals surface area contributed by atoms with E-state index in [1.165, 1.54) is 0 Å². The Hall–Kier alpha value is -4.83. The highest BCUT2D eigenvalue weighted by Crippen LogP contribution is 2.31. The van der Waals surface area contributed by atoms with E-state index in [-0.39, 0.29) is 0 Å². The summed E-state index contributed by atoms with van der Waals surface area (Å²) in [6.07, 6.45) is 0. The van der Waals surface area contributed by atoms with Crippen molar-refractivity contribution in [2.75, 3.05) is 0 Å². The predicted molar refractivity (Wildman–Crippen MR) is 195 cm³/mol. The van der Waals surface area contributed by atoms with E-state index in [4.69, 9.17) is 33.9 Å². The molecule has 7 aromatic rings. The van der Waals surface area contributed by atoms with Crippen LogP contribution in [0.5, 0.6) is 28.7 Å². The molecule has 0 saturated carbocycles. The molecule has 8 nitrogen and oxygen atoms in total. The summed E-state index contributed by atoms with van der Waals surface area (Å²) in [5.41, 5.74) is 8.57. The molecule has 0 bridgehead atoms. The van der Waals surface area contributed by atoms with Crippen molar-refractivity contribution in [2.24, 2.45) is 0 Å². The van der Waals surface area contributed by atoms with Crippen LogP contribution in [-0.4, -0.2) is 46.0 Å². The second-order valence-corrected chi connectivity index (χ2v) is 14.1. The van der Waals surface area contributed by atoms with Crippen LogP contribution in [0.2, 0.25) is 0 Å². The molecule has 0 aliphatic rings. The third-order valence-corrected chi connectivity index (χ3v) is 10.3. The highest BCUT2D eigenvalue weighted by atomic mass is 27.3. The largest absolute Gasteiger partial charge is 1.20 e. The molecule has 10 heteroatoms. The summed E-state index contributed by atoms with van der Waals surface area (Å²) in [6, 6.07) is 31.4. The quantitative estimate of drug-likeness (QED) is 0.133. The molecule has 0 spiro atoms. The van der Waals surface area contributed by atoms with E-state index in [0.717, 1.165) is 66.5 Å². The summed E-state index contributed by atoms with van der Waals surface area (Å²) in [5.74, 6) is 3.18. The molecule has 0 unspecified atom stereocenters. The fourth-order valence-electron chi connectivity index (χ4n) is 6.07. The van der Waals surface area contributed by atoms with E-state index >= 15 is 0 Å². The van der Waals surface area contributed by atoms with Gasteiger partial charge in [-0.3, -0.25) is 0 Å². The Morgan fingerprint density at radius 3 is 1.33 bits per heavy atom. The van der Waals surface area contributed by atoms with Crippen molar-refractivity contribution in [1.82, 2.24) is 15.0 Å². The van der Waals surface area contributed by atoms with Crippen LogP contribution in [-0.2, 0) is 0 Å². The number of benzene rings is 4. The highest BCUT2D eigenvalue weighted by Gasteiger charge is 2.45. The summed E-state index contributed by atoms with van der Waals surface area (Å²) in [5, 5.41) is 3.11. The number of hydrogen-bond donors (Lipinski definition) is 0. The smallest absolute Gasteiger partial charge is 0.616 e. The minimum Gasteiger partial charge on any atom is -0.616 e. The number of nitrogens with zero attached hydrogens (tertiary/aromatic N) is 3. The maximum absolute atomic E-state index is 6.60. The fraction of sp³-hybridized carbons (Fsp3) is 0.154. The van der Waals surface area contributed by atoms with Gasteiger partial charge < -0.3 is 18.9 Å². The Labute approximate surface area is 297 Å². The molecule has 4 aromatic carbocycles. The molecule has 1 radical (unpaired) electrons. The van der Waals surface area contributed by atoms with Gasteiger partial charge in [0.05, 0.1) is 11.5 Å². The molecule has 7 rings (SSSR count). The van der Waals surface area contributed by atoms with Gasteiger partial charge in [-0.15, -0.1) is 0 Å². The van der Waals surface area contributed by atoms with Gasteiger partial charge in [-0.05, 0) is 119 Å². The molecule has 0 aliphatic heterocycles. The molecule has 0 aliphatic carbocycles. The lowest BCUT2D eigenvalue weighted by Crippen LogP contribution is -2.37. The molecule has 3 aromatic heterocycles. The average molecular weight is 679 g/mol. The summed E-state index contributed by atoms with van der Waals surface area (Å²) in [7, 11) is 0. The zero-order valence-corrected chi connectivity index (χ0v) is 30.6. The second-order valence-electron chi connectivity index (χ2n) is 12.1. The number of rotatable bonds is 10. The van der Waals surface area contributed by atoms with Crippen molar-refractivity contribution in [3.8, 4) is 28.7 Å². The molecule has 0 saturated heterocycles. The lowest BCUT2D eigenvalue weighted by atomic mass is 10.1. The molecule has 0 fully saturated rings. The van der Waals surface area contributed by atoms with Crippen LogP contribution >= 0.6 is 0 Å². The number of hydrogen-bond acceptors (Lipinski definition) is 8. The van der Waals surface area contributed by atoms with Crippen molar-refractivity contribution >= 4 is 63.7 Å². The third kappa shape index (κ3) is 7.15. The molecule has 241 valence electrons. The van der Waals surface area contributed by atoms with Gasteiger partial charge >= 0.3 is 31.0 Å². The Bertz CT molecular complexity index is 2240. The summed E-state index contributed by atoms with van der Waals surface area (Å²) in [4.78, 5) is 14.3. The maximum atomic E-state index is 6.60. The van der Waals surface area contributed by atoms with Gasteiger partial charge in [-0.2, -0.15) is 0 Å². The Balaban J connectivity index is 1.13. The van der Waals surface area contributed by atoms with E-state index in [9.17, 15) is 0 Å². The summed E-state index contributed by atoms with van der Waals surface area (Å²) in [6.45, 7) is 12.2. The van der Waals surface area contributed by atoms with Crippen LogP contribution < -0.4 is 18.9 Å². The Morgan fingerprint density at radius 1 is 0.449 bits per heavy atom. The van der Waals surface area contributed by atoms with E-state index in [2.05, 4.69) is 45.0 Å². The molecule has 0 N–H and O–H groups in total. The van der Waals surface area contributed by atoms with Crippen LogP contribution in [0.4, 0.5) is 0 Å². The zero-order chi connectivity index (χ0) is 34.1. The maximum Gasteiger partial charge on any atom is 1.20 e. The normalized spacial score (nSPS) is 11.1. The van der Waals surface area contributed by atoms with Gasteiger partial charge in [0.2, 0.25) is 0 Å². The number of fused-ring (bicyclic) bond motifs is 3. The topological polar surface area (TPSA) is 84.8 Å². The first-order valence-corrected chi connectivity index (χ1v) is 18.4. The fourth-order valence-corrected chi connectivity index (χ4v) is 8.00. The van der Waals surface area contributed by atoms with Gasteiger partial charge in [0.25, 0.3) is 0 Å². The minimum atomic E-state index is -2.95. The third-order valence-electron chi connectivity index (χ3n) is 8.27. The van der Waals surface area contributed by atoms with Crippen LogP contribution in [0.15, 0.2) is 97.1 Å². The average Bonchev–Trinajstić information content (AvgIpc) is 3.06. The monoisotopic (exact) mass is 678 g/mol. The van der Waals surface area contributed by atoms with Gasteiger partial charge in [-0.1, -0.05) is 36.4 Å². The first-order valence-electron chi connectivity index (χ1n) is 16.1. The van der Waals surface area contributed by atoms with Crippen LogP contribution in [0.1, 0.15) is 33.8 Å². The van der Waals surface area contributed by atoms with Crippen LogP contribution in [0.25, 0.3) is 32.7 Å². The first-order chi connectivity index (χ1) is 23.7. The number of aromatic nitrogens is 3. The van der Waals surface area contributed by atoms with Crippen molar-refractivity contribution < 1.29 is 18.9 Å². The first kappa shape index (κ1) is 32.7. The van der Waals surface area contributed by atoms with E-state index in [1.54, 1.807) is 0 Å². The molecule has 49 heavy (non-hydrogen) atoms. The van der Waals surface area contributed by atoms with E-state index in [1.807, 2.05) is 93.6 Å². The number of aryl methyl sites for hydroxylation is 6. The van der Waals surface area contributed by atoms with Crippen molar-refractivity contribution in [3.63, 3.8) is 0 Å². The Kier molecular flexibility index (Phi) is 9.32. The van der Waals surface area contributed by atoms with Gasteiger partial charge in [0, 0.05) is 33.2 Å². The SMILES string of the molecule is Cc1cc(C)c2cccc([O][Al][O]c3ccc([O][Al]([O]c4cccc5c(C)cc(C)nc45)[O]c4cccc5c(C)cc(C)nc45)cc3)c2n1. The standard InChI is InChI=1S/3C11H11NO.C6H6O2.2Al/c3*1-7-6-8(2)12-11-9(7)4-3-5-10(11)13;7-5-1-2-6(8)4-3-5;;/h3*3-6,13H,1-2H3;1-4,7-8H;;/q;;;;+2;+3/p-5. The van der Waals surface area contributed by atoms with Crippen molar-refractivity contribution in [1.29, 1.82) is 0 Å². The van der Waals surface area contributed by atoms with E-state index in [0.29, 0.717) is 28.7 Å².